The molecule has 1 fully saturated rings. The fraction of sp³-hybridized carbons (Fsp3) is 0.278. The first kappa shape index (κ1) is 16.0. The molecule has 1 aliphatic rings. The Balaban J connectivity index is 1.81. The molecule has 1 aromatic carbocycles. The number of ether oxygens (including phenoxy) is 1. The first-order valence-corrected chi connectivity index (χ1v) is 7.69. The number of aryl methyl sites for hydroxylation is 1. The van der Waals surface area contributed by atoms with E-state index in [1.807, 2.05) is 12.1 Å². The highest BCUT2D eigenvalue weighted by molar-refractivity contribution is 5.95. The number of aromatic amines is 1. The number of hydrogen-bond donors (Lipinski definition) is 1. The number of H-pyrrole nitrogens is 1. The van der Waals surface area contributed by atoms with Crippen LogP contribution in [0.5, 0.6) is 0 Å². The molecule has 0 bridgehead atoms. The molecule has 1 unspecified atom stereocenters. The van der Waals surface area contributed by atoms with Crippen molar-refractivity contribution in [3.63, 3.8) is 0 Å². The number of hydrogen-bond acceptors (Lipinski definition) is 4. The summed E-state index contributed by atoms with van der Waals surface area (Å²) in [5, 5.41) is 9.02. The number of benzene rings is 1. The quantitative estimate of drug-likeness (QED) is 0.912. The molecule has 2 heterocycles. The minimum absolute atomic E-state index is 0.131. The van der Waals surface area contributed by atoms with Gasteiger partial charge < -0.3 is 14.6 Å². The van der Waals surface area contributed by atoms with Crippen molar-refractivity contribution in [2.45, 2.75) is 13.0 Å². The summed E-state index contributed by atoms with van der Waals surface area (Å²) >= 11 is 0. The largest absolute Gasteiger partial charge is 0.370 e. The number of nitrogens with one attached hydrogen (secondary N) is 1. The van der Waals surface area contributed by atoms with Crippen LogP contribution in [0.2, 0.25) is 0 Å². The molecule has 122 valence electrons. The fourth-order valence-corrected chi connectivity index (χ4v) is 2.82. The minimum Gasteiger partial charge on any atom is -0.370 e. The van der Waals surface area contributed by atoms with E-state index in [1.165, 1.54) is 12.3 Å². The SMILES string of the molecule is Cc1cc(=O)[nH]cc1C(=O)N1CCOC(c2cccc(C#N)c2)C1. The average molecular weight is 323 g/mol. The normalized spacial score (nSPS) is 17.3. The van der Waals surface area contributed by atoms with Crippen molar-refractivity contribution in [3.05, 3.63) is 69.1 Å². The molecule has 3 rings (SSSR count). The van der Waals surface area contributed by atoms with E-state index in [0.29, 0.717) is 36.4 Å². The number of carbonyl (C=O) groups is 1. The molecular weight excluding hydrogens is 306 g/mol. The summed E-state index contributed by atoms with van der Waals surface area (Å²) in [7, 11) is 0. The fourth-order valence-electron chi connectivity index (χ4n) is 2.82. The smallest absolute Gasteiger partial charge is 0.255 e. The van der Waals surface area contributed by atoms with Crippen LogP contribution in [0.4, 0.5) is 0 Å². The summed E-state index contributed by atoms with van der Waals surface area (Å²) in [4.78, 5) is 28.3. The van der Waals surface area contributed by atoms with Crippen LogP contribution in [-0.4, -0.2) is 35.5 Å². The van der Waals surface area contributed by atoms with Gasteiger partial charge in [-0.3, -0.25) is 9.59 Å². The molecule has 0 spiro atoms. The van der Waals surface area contributed by atoms with Gasteiger partial charge in [0, 0.05) is 18.8 Å². The van der Waals surface area contributed by atoms with E-state index in [1.54, 1.807) is 24.0 Å². The molecule has 1 amide bonds. The second-order valence-corrected chi connectivity index (χ2v) is 5.74. The van der Waals surface area contributed by atoms with Crippen LogP contribution in [-0.2, 0) is 4.74 Å². The van der Waals surface area contributed by atoms with Gasteiger partial charge in [-0.15, -0.1) is 0 Å². The Kier molecular flexibility index (Phi) is 4.45. The average Bonchev–Trinajstić information content (AvgIpc) is 2.61. The zero-order chi connectivity index (χ0) is 17.1. The number of nitriles is 1. The molecule has 2 aromatic rings. The van der Waals surface area contributed by atoms with Crippen molar-refractivity contribution in [1.82, 2.24) is 9.88 Å². The van der Waals surface area contributed by atoms with Gasteiger partial charge in [0.1, 0.15) is 6.10 Å². The number of nitrogens with zero attached hydrogens (tertiary/aromatic N) is 2. The van der Waals surface area contributed by atoms with Gasteiger partial charge in [0.25, 0.3) is 5.91 Å². The third-order valence-electron chi connectivity index (χ3n) is 4.10. The zero-order valence-corrected chi connectivity index (χ0v) is 13.3. The summed E-state index contributed by atoms with van der Waals surface area (Å²) in [6.45, 7) is 3.07. The third-order valence-corrected chi connectivity index (χ3v) is 4.10. The van der Waals surface area contributed by atoms with Crippen LogP contribution in [0, 0.1) is 18.3 Å². The molecule has 0 radical (unpaired) electrons. The van der Waals surface area contributed by atoms with Gasteiger partial charge in [-0.1, -0.05) is 12.1 Å². The summed E-state index contributed by atoms with van der Waals surface area (Å²) in [5.74, 6) is -0.131. The van der Waals surface area contributed by atoms with E-state index in [9.17, 15) is 9.59 Å². The van der Waals surface area contributed by atoms with Crippen molar-refractivity contribution < 1.29 is 9.53 Å². The standard InChI is InChI=1S/C18H17N3O3/c1-12-7-17(22)20-10-15(12)18(23)21-5-6-24-16(11-21)14-4-2-3-13(8-14)9-19/h2-4,7-8,10,16H,5-6,11H2,1H3,(H,20,22). The van der Waals surface area contributed by atoms with E-state index in [4.69, 9.17) is 10.00 Å². The first-order chi connectivity index (χ1) is 11.6. The lowest BCUT2D eigenvalue weighted by atomic mass is 10.0. The van der Waals surface area contributed by atoms with E-state index in [-0.39, 0.29) is 17.6 Å². The molecule has 0 saturated carbocycles. The van der Waals surface area contributed by atoms with Gasteiger partial charge >= 0.3 is 0 Å². The molecule has 1 N–H and O–H groups in total. The predicted molar refractivity (Wildman–Crippen MR) is 87.6 cm³/mol. The number of morpholine rings is 1. The van der Waals surface area contributed by atoms with Crippen LogP contribution < -0.4 is 5.56 Å². The second kappa shape index (κ2) is 6.69. The third kappa shape index (κ3) is 3.21. The molecule has 0 aliphatic carbocycles. The number of amides is 1. The molecule has 1 atom stereocenters. The van der Waals surface area contributed by atoms with Crippen LogP contribution in [0.15, 0.2) is 41.3 Å². The highest BCUT2D eigenvalue weighted by atomic mass is 16.5. The summed E-state index contributed by atoms with van der Waals surface area (Å²) in [6, 6.07) is 10.7. The number of aromatic nitrogens is 1. The predicted octanol–water partition coefficient (Wildman–Crippen LogP) is 1.77. The van der Waals surface area contributed by atoms with E-state index < -0.39 is 0 Å². The van der Waals surface area contributed by atoms with Gasteiger partial charge in [-0.05, 0) is 30.2 Å². The highest BCUT2D eigenvalue weighted by Gasteiger charge is 2.27. The van der Waals surface area contributed by atoms with Crippen molar-refractivity contribution in [2.24, 2.45) is 0 Å². The molecule has 1 aromatic heterocycles. The van der Waals surface area contributed by atoms with Gasteiger partial charge in [-0.2, -0.15) is 5.26 Å². The lowest BCUT2D eigenvalue weighted by molar-refractivity contribution is -0.0228. The number of carbonyl (C=O) groups excluding carboxylic acids is 1. The Hall–Kier alpha value is -2.91. The van der Waals surface area contributed by atoms with Crippen LogP contribution in [0.25, 0.3) is 0 Å². The van der Waals surface area contributed by atoms with Crippen molar-refractivity contribution in [1.29, 1.82) is 5.26 Å². The Morgan fingerprint density at radius 2 is 2.25 bits per heavy atom. The first-order valence-electron chi connectivity index (χ1n) is 7.69. The van der Waals surface area contributed by atoms with Gasteiger partial charge in [-0.25, -0.2) is 0 Å². The lowest BCUT2D eigenvalue weighted by Gasteiger charge is -2.33. The molecule has 6 nitrogen and oxygen atoms in total. The highest BCUT2D eigenvalue weighted by Crippen LogP contribution is 2.24. The van der Waals surface area contributed by atoms with Gasteiger partial charge in [0.15, 0.2) is 0 Å². The van der Waals surface area contributed by atoms with E-state index in [2.05, 4.69) is 11.1 Å². The van der Waals surface area contributed by atoms with E-state index >= 15 is 0 Å². The molecule has 1 saturated heterocycles. The second-order valence-electron chi connectivity index (χ2n) is 5.74. The number of pyridine rings is 1. The summed E-state index contributed by atoms with van der Waals surface area (Å²) in [5.41, 5.74) is 2.36. The summed E-state index contributed by atoms with van der Waals surface area (Å²) in [6.07, 6.45) is 1.19. The maximum absolute atomic E-state index is 12.7. The molecular formula is C18H17N3O3. The minimum atomic E-state index is -0.265. The Labute approximate surface area is 139 Å². The van der Waals surface area contributed by atoms with Gasteiger partial charge in [0.05, 0.1) is 30.3 Å². The van der Waals surface area contributed by atoms with Gasteiger partial charge in [0.2, 0.25) is 5.56 Å². The van der Waals surface area contributed by atoms with Crippen LogP contribution in [0.1, 0.15) is 33.2 Å². The van der Waals surface area contributed by atoms with Crippen LogP contribution >= 0.6 is 0 Å². The topological polar surface area (TPSA) is 86.2 Å². The monoisotopic (exact) mass is 323 g/mol. The van der Waals surface area contributed by atoms with Crippen molar-refractivity contribution >= 4 is 5.91 Å². The van der Waals surface area contributed by atoms with E-state index in [0.717, 1.165) is 5.56 Å². The maximum atomic E-state index is 12.7. The summed E-state index contributed by atoms with van der Waals surface area (Å²) < 4.78 is 5.77. The zero-order valence-electron chi connectivity index (χ0n) is 13.3. The Morgan fingerprint density at radius 1 is 1.42 bits per heavy atom. The molecule has 24 heavy (non-hydrogen) atoms. The Bertz CT molecular complexity index is 866. The Morgan fingerprint density at radius 3 is 3.00 bits per heavy atom. The molecule has 6 heteroatoms. The maximum Gasteiger partial charge on any atom is 0.255 e. The van der Waals surface area contributed by atoms with Crippen LogP contribution in [0.3, 0.4) is 0 Å². The number of rotatable bonds is 2. The lowest BCUT2D eigenvalue weighted by Crippen LogP contribution is -2.42. The molecule has 1 aliphatic heterocycles. The van der Waals surface area contributed by atoms with Crippen molar-refractivity contribution in [2.75, 3.05) is 19.7 Å². The van der Waals surface area contributed by atoms with Crippen molar-refractivity contribution in [3.8, 4) is 6.07 Å².